The summed E-state index contributed by atoms with van der Waals surface area (Å²) in [6.45, 7) is 8.01. The topological polar surface area (TPSA) is 0 Å². The molecule has 0 aliphatic heterocycles. The van der Waals surface area contributed by atoms with E-state index in [9.17, 15) is 0 Å². The first-order chi connectivity index (χ1) is 13.3. The standard InChI is InChI=1S/C27H52N2/c1-19(28(4,5)6)23-12-13-24-22-11-10-20-18-21(29(7,8)9)14-16-26(20,2)25(22)15-17-27(23,24)3/h19-25H,10-18H2,1-9H3/q+2/t19-,20+,21+,22+,23-,24+,25+,26+,27-/m1/s1. The number of quaternary nitrogens is 2. The first-order valence-electron chi connectivity index (χ1n) is 12.9. The van der Waals surface area contributed by atoms with E-state index < -0.39 is 0 Å². The molecule has 0 radical (unpaired) electrons. The average Bonchev–Trinajstić information content (AvgIpc) is 2.95. The Morgan fingerprint density at radius 1 is 0.724 bits per heavy atom. The van der Waals surface area contributed by atoms with Gasteiger partial charge in [0, 0.05) is 12.3 Å². The van der Waals surface area contributed by atoms with Crippen molar-refractivity contribution < 1.29 is 8.97 Å². The molecule has 168 valence electrons. The molecule has 0 N–H and O–H groups in total. The van der Waals surface area contributed by atoms with Gasteiger partial charge in [0.1, 0.15) is 0 Å². The van der Waals surface area contributed by atoms with Gasteiger partial charge in [0.25, 0.3) is 0 Å². The zero-order chi connectivity index (χ0) is 21.4. The lowest BCUT2D eigenvalue weighted by Gasteiger charge is -2.62. The molecule has 4 aliphatic rings. The molecule has 0 aromatic heterocycles. The van der Waals surface area contributed by atoms with Crippen molar-refractivity contribution >= 4 is 0 Å². The van der Waals surface area contributed by atoms with E-state index in [2.05, 4.69) is 63.1 Å². The van der Waals surface area contributed by atoms with E-state index in [1.54, 1.807) is 6.42 Å². The summed E-state index contributed by atoms with van der Waals surface area (Å²) in [5, 5.41) is 0. The van der Waals surface area contributed by atoms with E-state index in [0.29, 0.717) is 10.8 Å². The molecule has 4 saturated carbocycles. The van der Waals surface area contributed by atoms with Crippen LogP contribution in [0.2, 0.25) is 0 Å². The fraction of sp³-hybridized carbons (Fsp3) is 1.00. The van der Waals surface area contributed by atoms with Gasteiger partial charge in [-0.3, -0.25) is 0 Å². The molecule has 0 aromatic rings. The Labute approximate surface area is 182 Å². The summed E-state index contributed by atoms with van der Waals surface area (Å²) in [6.07, 6.45) is 13.6. The highest BCUT2D eigenvalue weighted by Gasteiger charge is 2.62. The second kappa shape index (κ2) is 6.96. The Morgan fingerprint density at radius 3 is 1.97 bits per heavy atom. The van der Waals surface area contributed by atoms with Gasteiger partial charge in [-0.05, 0) is 92.8 Å². The van der Waals surface area contributed by atoms with Crippen molar-refractivity contribution in [2.24, 2.45) is 40.4 Å². The van der Waals surface area contributed by atoms with E-state index in [1.807, 2.05) is 0 Å². The van der Waals surface area contributed by atoms with Crippen LogP contribution < -0.4 is 0 Å². The minimum atomic E-state index is 0.606. The van der Waals surface area contributed by atoms with Crippen molar-refractivity contribution in [1.82, 2.24) is 0 Å². The fourth-order valence-electron chi connectivity index (χ4n) is 9.31. The number of rotatable bonds is 3. The van der Waals surface area contributed by atoms with Gasteiger partial charge < -0.3 is 8.97 Å². The summed E-state index contributed by atoms with van der Waals surface area (Å²) >= 11 is 0. The lowest BCUT2D eigenvalue weighted by Crippen LogP contribution is -2.58. The first kappa shape index (κ1) is 22.1. The van der Waals surface area contributed by atoms with Crippen molar-refractivity contribution in [2.45, 2.75) is 90.6 Å². The van der Waals surface area contributed by atoms with Crippen molar-refractivity contribution in [3.63, 3.8) is 0 Å². The second-order valence-corrected chi connectivity index (χ2v) is 14.3. The largest absolute Gasteiger partial charge is 0.328 e. The number of nitrogens with zero attached hydrogens (tertiary/aromatic N) is 2. The van der Waals surface area contributed by atoms with E-state index in [1.165, 1.54) is 55.8 Å². The minimum absolute atomic E-state index is 0.606. The summed E-state index contributed by atoms with van der Waals surface area (Å²) in [7, 11) is 14.6. The molecule has 29 heavy (non-hydrogen) atoms. The van der Waals surface area contributed by atoms with Gasteiger partial charge in [-0.1, -0.05) is 13.8 Å². The lowest BCUT2D eigenvalue weighted by molar-refractivity contribution is -0.899. The summed E-state index contributed by atoms with van der Waals surface area (Å²) in [4.78, 5) is 0. The van der Waals surface area contributed by atoms with Gasteiger partial charge in [0.15, 0.2) is 0 Å². The first-order valence-corrected chi connectivity index (χ1v) is 12.9. The quantitative estimate of drug-likeness (QED) is 0.520. The van der Waals surface area contributed by atoms with E-state index >= 15 is 0 Å². The molecular formula is C27H52N2+2. The van der Waals surface area contributed by atoms with Crippen LogP contribution >= 0.6 is 0 Å². The molecule has 0 unspecified atom stereocenters. The Kier molecular flexibility index (Phi) is 5.31. The van der Waals surface area contributed by atoms with Gasteiger partial charge in [0.2, 0.25) is 0 Å². The van der Waals surface area contributed by atoms with Crippen LogP contribution in [0.1, 0.15) is 78.6 Å². The molecule has 4 rings (SSSR count). The van der Waals surface area contributed by atoms with Crippen LogP contribution in [-0.4, -0.2) is 63.3 Å². The smallest absolute Gasteiger partial charge is 0.0889 e. The summed E-state index contributed by atoms with van der Waals surface area (Å²) in [5.74, 6) is 4.97. The maximum atomic E-state index is 2.74. The van der Waals surface area contributed by atoms with Gasteiger partial charge in [0.05, 0.1) is 54.4 Å². The molecule has 4 aliphatic carbocycles. The van der Waals surface area contributed by atoms with Crippen LogP contribution in [0.25, 0.3) is 0 Å². The van der Waals surface area contributed by atoms with Crippen molar-refractivity contribution in [3.8, 4) is 0 Å². The lowest BCUT2D eigenvalue weighted by atomic mass is 9.44. The third-order valence-electron chi connectivity index (χ3n) is 11.6. The highest BCUT2D eigenvalue weighted by molar-refractivity contribution is 5.10. The SMILES string of the molecule is C[C@H]([C@H]1CC[C@H]2[C@@H]3CC[C@H]4C[C@@H]([N+](C)(C)C)CC[C@]4(C)[C@H]3CC[C@]12C)[N+](C)(C)C. The fourth-order valence-corrected chi connectivity index (χ4v) is 9.31. The Bertz CT molecular complexity index is 613. The van der Waals surface area contributed by atoms with Crippen LogP contribution in [0, 0.1) is 40.4 Å². The minimum Gasteiger partial charge on any atom is -0.328 e. The predicted molar refractivity (Wildman–Crippen MR) is 125 cm³/mol. The molecule has 0 bridgehead atoms. The van der Waals surface area contributed by atoms with E-state index in [0.717, 1.165) is 46.2 Å². The molecule has 0 aromatic carbocycles. The second-order valence-electron chi connectivity index (χ2n) is 14.3. The molecular weight excluding hydrogens is 352 g/mol. The average molecular weight is 405 g/mol. The zero-order valence-electron chi connectivity index (χ0n) is 21.3. The van der Waals surface area contributed by atoms with E-state index in [4.69, 9.17) is 0 Å². The maximum absolute atomic E-state index is 2.74. The molecule has 0 spiro atoms. The molecule has 0 saturated heterocycles. The molecule has 9 atom stereocenters. The van der Waals surface area contributed by atoms with Gasteiger partial charge in [-0.25, -0.2) is 0 Å². The van der Waals surface area contributed by atoms with Crippen LogP contribution in [0.5, 0.6) is 0 Å². The van der Waals surface area contributed by atoms with Gasteiger partial charge >= 0.3 is 0 Å². The highest BCUT2D eigenvalue weighted by Crippen LogP contribution is 2.68. The third kappa shape index (κ3) is 3.43. The number of hydrogen-bond donors (Lipinski definition) is 0. The van der Waals surface area contributed by atoms with Crippen molar-refractivity contribution in [3.05, 3.63) is 0 Å². The van der Waals surface area contributed by atoms with Crippen LogP contribution in [0.4, 0.5) is 0 Å². The molecule has 0 amide bonds. The highest BCUT2D eigenvalue weighted by atomic mass is 15.3. The zero-order valence-corrected chi connectivity index (χ0v) is 21.3. The predicted octanol–water partition coefficient (Wildman–Crippen LogP) is 5.81. The van der Waals surface area contributed by atoms with Gasteiger partial charge in [-0.2, -0.15) is 0 Å². The van der Waals surface area contributed by atoms with Crippen LogP contribution in [-0.2, 0) is 0 Å². The Morgan fingerprint density at radius 2 is 1.34 bits per heavy atom. The van der Waals surface area contributed by atoms with E-state index in [-0.39, 0.29) is 0 Å². The Balaban J connectivity index is 1.55. The normalized spacial score (nSPS) is 49.1. The van der Waals surface area contributed by atoms with Gasteiger partial charge in [-0.15, -0.1) is 0 Å². The molecule has 2 nitrogen and oxygen atoms in total. The number of hydrogen-bond acceptors (Lipinski definition) is 0. The molecule has 4 fully saturated rings. The van der Waals surface area contributed by atoms with Crippen molar-refractivity contribution in [2.75, 3.05) is 42.3 Å². The molecule has 2 heteroatoms. The summed E-state index contributed by atoms with van der Waals surface area (Å²) < 4.78 is 2.30. The number of fused-ring (bicyclic) bond motifs is 5. The Hall–Kier alpha value is -0.0800. The summed E-state index contributed by atoms with van der Waals surface area (Å²) in [5.41, 5.74) is 1.24. The summed E-state index contributed by atoms with van der Waals surface area (Å²) in [6, 6.07) is 1.67. The monoisotopic (exact) mass is 404 g/mol. The third-order valence-corrected chi connectivity index (χ3v) is 11.6. The van der Waals surface area contributed by atoms with Crippen LogP contribution in [0.3, 0.4) is 0 Å². The van der Waals surface area contributed by atoms with Crippen LogP contribution in [0.15, 0.2) is 0 Å². The maximum Gasteiger partial charge on any atom is 0.0889 e. The molecule has 0 heterocycles. The van der Waals surface area contributed by atoms with Crippen molar-refractivity contribution in [1.29, 1.82) is 0 Å².